The molecule has 6 nitrogen and oxygen atoms in total. The van der Waals surface area contributed by atoms with Crippen molar-refractivity contribution in [3.63, 3.8) is 0 Å². The minimum atomic E-state index is -0.998. The molecule has 1 saturated heterocycles. The molecule has 0 bridgehead atoms. The van der Waals surface area contributed by atoms with E-state index in [0.717, 1.165) is 6.08 Å². The van der Waals surface area contributed by atoms with Crippen molar-refractivity contribution in [2.24, 2.45) is 0 Å². The average Bonchev–Trinajstić information content (AvgIpc) is 2.54. The Kier molecular flexibility index (Phi) is 3.82. The SMILES string of the molecule is C=CC(=O)OCC(=O)OC1CC(=C)OC1=O. The van der Waals surface area contributed by atoms with Gasteiger partial charge in [0.05, 0.1) is 6.42 Å². The van der Waals surface area contributed by atoms with Crippen LogP contribution in [-0.4, -0.2) is 30.6 Å². The van der Waals surface area contributed by atoms with Gasteiger partial charge < -0.3 is 14.2 Å². The third-order valence-corrected chi connectivity index (χ3v) is 1.69. The minimum absolute atomic E-state index is 0.125. The first-order valence-corrected chi connectivity index (χ1v) is 4.41. The second-order valence-electron chi connectivity index (χ2n) is 2.95. The van der Waals surface area contributed by atoms with Gasteiger partial charge in [0.15, 0.2) is 6.61 Å². The molecule has 0 saturated carbocycles. The topological polar surface area (TPSA) is 78.9 Å². The molecule has 0 aromatic heterocycles. The Labute approximate surface area is 91.5 Å². The first-order chi connectivity index (χ1) is 7.52. The van der Waals surface area contributed by atoms with E-state index < -0.39 is 30.6 Å². The van der Waals surface area contributed by atoms with Gasteiger partial charge in [0.1, 0.15) is 5.76 Å². The highest BCUT2D eigenvalue weighted by Gasteiger charge is 2.33. The van der Waals surface area contributed by atoms with Crippen molar-refractivity contribution in [1.82, 2.24) is 0 Å². The Balaban J connectivity index is 2.34. The van der Waals surface area contributed by atoms with Gasteiger partial charge in [-0.3, -0.25) is 0 Å². The van der Waals surface area contributed by atoms with Crippen LogP contribution in [-0.2, 0) is 28.6 Å². The second kappa shape index (κ2) is 5.11. The Morgan fingerprint density at radius 3 is 2.75 bits per heavy atom. The van der Waals surface area contributed by atoms with Crippen LogP contribution in [0.4, 0.5) is 0 Å². The molecule has 1 rings (SSSR count). The van der Waals surface area contributed by atoms with E-state index in [2.05, 4.69) is 22.6 Å². The molecule has 86 valence electrons. The van der Waals surface area contributed by atoms with Crippen LogP contribution in [0.25, 0.3) is 0 Å². The monoisotopic (exact) mass is 226 g/mol. The highest BCUT2D eigenvalue weighted by molar-refractivity contribution is 5.85. The molecule has 0 amide bonds. The molecule has 0 radical (unpaired) electrons. The van der Waals surface area contributed by atoms with Gasteiger partial charge >= 0.3 is 17.9 Å². The fourth-order valence-corrected chi connectivity index (χ4v) is 1.01. The third-order valence-electron chi connectivity index (χ3n) is 1.69. The smallest absolute Gasteiger partial charge is 0.352 e. The van der Waals surface area contributed by atoms with Crippen molar-refractivity contribution in [2.45, 2.75) is 12.5 Å². The summed E-state index contributed by atoms with van der Waals surface area (Å²) in [6.07, 6.45) is 0.0429. The molecule has 1 aliphatic heterocycles. The van der Waals surface area contributed by atoms with Crippen LogP contribution in [0.15, 0.2) is 25.0 Å². The lowest BCUT2D eigenvalue weighted by Gasteiger charge is -2.07. The van der Waals surface area contributed by atoms with Crippen molar-refractivity contribution in [3.8, 4) is 0 Å². The highest BCUT2D eigenvalue weighted by atomic mass is 16.6. The maximum atomic E-state index is 11.1. The summed E-state index contributed by atoms with van der Waals surface area (Å²) in [5.41, 5.74) is 0. The molecule has 0 N–H and O–H groups in total. The van der Waals surface area contributed by atoms with Crippen LogP contribution < -0.4 is 0 Å². The van der Waals surface area contributed by atoms with E-state index in [1.54, 1.807) is 0 Å². The van der Waals surface area contributed by atoms with Gasteiger partial charge in [-0.1, -0.05) is 13.2 Å². The molecule has 0 aromatic carbocycles. The lowest BCUT2D eigenvalue weighted by atomic mass is 10.3. The summed E-state index contributed by atoms with van der Waals surface area (Å²) >= 11 is 0. The maximum absolute atomic E-state index is 11.1. The fraction of sp³-hybridized carbons (Fsp3) is 0.300. The van der Waals surface area contributed by atoms with Crippen molar-refractivity contribution >= 4 is 17.9 Å². The third kappa shape index (κ3) is 3.23. The highest BCUT2D eigenvalue weighted by Crippen LogP contribution is 2.19. The van der Waals surface area contributed by atoms with E-state index in [1.807, 2.05) is 0 Å². The van der Waals surface area contributed by atoms with Crippen LogP contribution in [0, 0.1) is 0 Å². The number of ether oxygens (including phenoxy) is 3. The normalized spacial score (nSPS) is 18.9. The van der Waals surface area contributed by atoms with Gasteiger partial charge in [0.2, 0.25) is 6.10 Å². The zero-order valence-electron chi connectivity index (χ0n) is 8.43. The summed E-state index contributed by atoms with van der Waals surface area (Å²) in [7, 11) is 0. The molecular formula is C10H10O6. The van der Waals surface area contributed by atoms with Crippen LogP contribution in [0.1, 0.15) is 6.42 Å². The molecule has 1 heterocycles. The van der Waals surface area contributed by atoms with E-state index in [1.165, 1.54) is 0 Å². The van der Waals surface area contributed by atoms with Crippen molar-refractivity contribution in [1.29, 1.82) is 0 Å². The molecule has 1 atom stereocenters. The minimum Gasteiger partial charge on any atom is -0.451 e. The zero-order chi connectivity index (χ0) is 12.1. The van der Waals surface area contributed by atoms with Gasteiger partial charge in [-0.05, 0) is 0 Å². The largest absolute Gasteiger partial charge is 0.451 e. The predicted molar refractivity (Wildman–Crippen MR) is 50.9 cm³/mol. The van der Waals surface area contributed by atoms with Crippen LogP contribution in [0.2, 0.25) is 0 Å². The van der Waals surface area contributed by atoms with Gasteiger partial charge in [0, 0.05) is 6.08 Å². The molecule has 0 aromatic rings. The lowest BCUT2D eigenvalue weighted by molar-refractivity contribution is -0.165. The number of carbonyl (C=O) groups excluding carboxylic acids is 3. The summed E-state index contributed by atoms with van der Waals surface area (Å²) in [5.74, 6) is -2.00. The molecule has 16 heavy (non-hydrogen) atoms. The number of carbonyl (C=O) groups is 3. The number of esters is 3. The number of cyclic esters (lactones) is 1. The molecule has 0 spiro atoms. The lowest BCUT2D eigenvalue weighted by Crippen LogP contribution is -2.25. The Hall–Kier alpha value is -2.11. The summed E-state index contributed by atoms with van der Waals surface area (Å²) in [6, 6.07) is 0. The van der Waals surface area contributed by atoms with Gasteiger partial charge in [0.25, 0.3) is 0 Å². The van der Waals surface area contributed by atoms with Crippen molar-refractivity contribution < 1.29 is 28.6 Å². The summed E-state index contributed by atoms with van der Waals surface area (Å²) in [5, 5.41) is 0. The molecule has 1 unspecified atom stereocenters. The number of rotatable bonds is 4. The van der Waals surface area contributed by atoms with Crippen molar-refractivity contribution in [3.05, 3.63) is 25.0 Å². The number of hydrogen-bond donors (Lipinski definition) is 0. The van der Waals surface area contributed by atoms with E-state index in [0.29, 0.717) is 0 Å². The molecule has 0 aliphatic carbocycles. The average molecular weight is 226 g/mol. The van der Waals surface area contributed by atoms with Crippen LogP contribution >= 0.6 is 0 Å². The number of hydrogen-bond acceptors (Lipinski definition) is 6. The van der Waals surface area contributed by atoms with E-state index in [4.69, 9.17) is 4.74 Å². The standard InChI is InChI=1S/C10H10O6/c1-3-8(11)14-5-9(12)16-7-4-6(2)15-10(7)13/h3,7H,1-2,4-5H2. The fourth-order valence-electron chi connectivity index (χ4n) is 1.01. The Morgan fingerprint density at radius 1 is 1.56 bits per heavy atom. The van der Waals surface area contributed by atoms with Crippen LogP contribution in [0.5, 0.6) is 0 Å². The summed E-state index contributed by atoms with van der Waals surface area (Å²) in [6.45, 7) is 6.00. The molecule has 1 fully saturated rings. The van der Waals surface area contributed by atoms with Crippen LogP contribution in [0.3, 0.4) is 0 Å². The summed E-state index contributed by atoms with van der Waals surface area (Å²) in [4.78, 5) is 32.7. The van der Waals surface area contributed by atoms with Gasteiger partial charge in [-0.25, -0.2) is 14.4 Å². The predicted octanol–water partition coefficient (Wildman–Crippen LogP) is 0.0880. The molecule has 1 aliphatic rings. The molecule has 6 heteroatoms. The maximum Gasteiger partial charge on any atom is 0.352 e. The Bertz CT molecular complexity index is 356. The van der Waals surface area contributed by atoms with Crippen molar-refractivity contribution in [2.75, 3.05) is 6.61 Å². The molecular weight excluding hydrogens is 216 g/mol. The summed E-state index contributed by atoms with van der Waals surface area (Å²) < 4.78 is 13.7. The van der Waals surface area contributed by atoms with E-state index >= 15 is 0 Å². The van der Waals surface area contributed by atoms with E-state index in [9.17, 15) is 14.4 Å². The first kappa shape index (κ1) is 12.0. The van der Waals surface area contributed by atoms with Gasteiger partial charge in [-0.2, -0.15) is 0 Å². The Morgan fingerprint density at radius 2 is 2.25 bits per heavy atom. The van der Waals surface area contributed by atoms with Gasteiger partial charge in [-0.15, -0.1) is 0 Å². The first-order valence-electron chi connectivity index (χ1n) is 4.41. The van der Waals surface area contributed by atoms with E-state index in [-0.39, 0.29) is 12.2 Å². The zero-order valence-corrected chi connectivity index (χ0v) is 8.43. The quantitative estimate of drug-likeness (QED) is 0.384. The second-order valence-corrected chi connectivity index (χ2v) is 2.95.